The van der Waals surface area contributed by atoms with Gasteiger partial charge in [-0.15, -0.1) is 0 Å². The van der Waals surface area contributed by atoms with E-state index >= 15 is 0 Å². The molecule has 6 heteroatoms. The van der Waals surface area contributed by atoms with Gasteiger partial charge in [0.2, 0.25) is 0 Å². The molecule has 2 aromatic rings. The van der Waals surface area contributed by atoms with E-state index < -0.39 is 0 Å². The first-order valence-electron chi connectivity index (χ1n) is 5.63. The summed E-state index contributed by atoms with van der Waals surface area (Å²) in [5.74, 6) is 0. The van der Waals surface area contributed by atoms with Crippen LogP contribution in [0.3, 0.4) is 0 Å². The molecule has 0 amide bonds. The topological polar surface area (TPSA) is 83.8 Å². The lowest BCUT2D eigenvalue weighted by molar-refractivity contribution is -0.385. The Bertz CT molecular complexity index is 537. The van der Waals surface area contributed by atoms with E-state index in [1.54, 1.807) is 25.5 Å². The van der Waals surface area contributed by atoms with E-state index in [1.165, 1.54) is 6.07 Å². The molecule has 94 valence electrons. The third kappa shape index (κ3) is 2.65. The molecule has 0 aliphatic heterocycles. The molecule has 0 unspecified atom stereocenters. The Balaban J connectivity index is 2.01. The molecule has 0 atom stereocenters. The first kappa shape index (κ1) is 12.1. The lowest BCUT2D eigenvalue weighted by Gasteiger charge is -2.08. The molecule has 2 rings (SSSR count). The fourth-order valence-corrected chi connectivity index (χ4v) is 1.77. The van der Waals surface area contributed by atoms with Crippen LogP contribution in [0.4, 0.5) is 11.4 Å². The molecule has 18 heavy (non-hydrogen) atoms. The first-order chi connectivity index (χ1) is 8.68. The van der Waals surface area contributed by atoms with Crippen LogP contribution in [0.15, 0.2) is 30.7 Å². The quantitative estimate of drug-likeness (QED) is 0.626. The number of hydrogen-bond donors (Lipinski definition) is 2. The van der Waals surface area contributed by atoms with E-state index in [-0.39, 0.29) is 10.6 Å². The number of hydrogen-bond acceptors (Lipinski definition) is 4. The molecule has 2 N–H and O–H groups in total. The van der Waals surface area contributed by atoms with Gasteiger partial charge in [-0.2, -0.15) is 0 Å². The Morgan fingerprint density at radius 3 is 3.00 bits per heavy atom. The van der Waals surface area contributed by atoms with Crippen molar-refractivity contribution in [3.63, 3.8) is 0 Å². The van der Waals surface area contributed by atoms with Crippen molar-refractivity contribution in [3.05, 3.63) is 52.1 Å². The maximum absolute atomic E-state index is 10.8. The van der Waals surface area contributed by atoms with Crippen LogP contribution in [0, 0.1) is 17.0 Å². The van der Waals surface area contributed by atoms with Crippen molar-refractivity contribution in [2.24, 2.45) is 0 Å². The van der Waals surface area contributed by atoms with Crippen LogP contribution >= 0.6 is 0 Å². The minimum absolute atomic E-state index is 0.140. The highest BCUT2D eigenvalue weighted by molar-refractivity contribution is 5.59. The Kier molecular flexibility index (Phi) is 3.57. The summed E-state index contributed by atoms with van der Waals surface area (Å²) in [6.45, 7) is 2.45. The standard InChI is InChI=1S/C12H14N4O2/c1-9-11(3-2-4-12(9)16(17)18)14-6-5-10-7-13-8-15-10/h2-4,7-8,14H,5-6H2,1H3,(H,13,15). The number of rotatable bonds is 5. The maximum Gasteiger partial charge on any atom is 0.274 e. The molecule has 0 radical (unpaired) electrons. The monoisotopic (exact) mass is 246 g/mol. The van der Waals surface area contributed by atoms with Gasteiger partial charge in [-0.3, -0.25) is 10.1 Å². The van der Waals surface area contributed by atoms with Gasteiger partial charge in [0.25, 0.3) is 5.69 Å². The first-order valence-corrected chi connectivity index (χ1v) is 5.63. The zero-order valence-electron chi connectivity index (χ0n) is 10.0. The summed E-state index contributed by atoms with van der Waals surface area (Å²) in [7, 11) is 0. The van der Waals surface area contributed by atoms with Gasteiger partial charge in [0, 0.05) is 42.2 Å². The van der Waals surface area contributed by atoms with Crippen molar-refractivity contribution in [2.75, 3.05) is 11.9 Å². The number of nitro benzene ring substituents is 1. The third-order valence-corrected chi connectivity index (χ3v) is 2.77. The molecule has 1 heterocycles. The lowest BCUT2D eigenvalue weighted by atomic mass is 10.1. The average molecular weight is 246 g/mol. The summed E-state index contributed by atoms with van der Waals surface area (Å²) in [4.78, 5) is 17.4. The predicted octanol–water partition coefficient (Wildman–Crippen LogP) is 2.28. The van der Waals surface area contributed by atoms with E-state index in [2.05, 4.69) is 15.3 Å². The van der Waals surface area contributed by atoms with E-state index in [0.29, 0.717) is 12.1 Å². The number of nitrogens with one attached hydrogen (secondary N) is 2. The molecule has 0 aliphatic carbocycles. The second kappa shape index (κ2) is 5.31. The number of benzene rings is 1. The van der Waals surface area contributed by atoms with E-state index in [0.717, 1.165) is 17.8 Å². The Morgan fingerprint density at radius 2 is 2.33 bits per heavy atom. The maximum atomic E-state index is 10.8. The minimum Gasteiger partial charge on any atom is -0.384 e. The van der Waals surface area contributed by atoms with Crippen molar-refractivity contribution in [1.82, 2.24) is 9.97 Å². The van der Waals surface area contributed by atoms with Gasteiger partial charge in [0.05, 0.1) is 11.3 Å². The minimum atomic E-state index is -0.366. The van der Waals surface area contributed by atoms with Crippen LogP contribution < -0.4 is 5.32 Å². The zero-order valence-corrected chi connectivity index (χ0v) is 10.0. The normalized spacial score (nSPS) is 10.3. The number of nitro groups is 1. The van der Waals surface area contributed by atoms with Gasteiger partial charge in [-0.05, 0) is 13.0 Å². The molecule has 0 fully saturated rings. The molecule has 0 aliphatic rings. The van der Waals surface area contributed by atoms with E-state index in [1.807, 2.05) is 6.07 Å². The Labute approximate surface area is 104 Å². The number of imidazole rings is 1. The predicted molar refractivity (Wildman–Crippen MR) is 68.6 cm³/mol. The SMILES string of the molecule is Cc1c(NCCc2cnc[nH]2)cccc1[N+](=O)[O-]. The molecule has 6 nitrogen and oxygen atoms in total. The summed E-state index contributed by atoms with van der Waals surface area (Å²) < 4.78 is 0. The summed E-state index contributed by atoms with van der Waals surface area (Å²) in [6, 6.07) is 5.04. The highest BCUT2D eigenvalue weighted by Crippen LogP contribution is 2.24. The van der Waals surface area contributed by atoms with Gasteiger partial charge in [-0.25, -0.2) is 4.98 Å². The highest BCUT2D eigenvalue weighted by atomic mass is 16.6. The van der Waals surface area contributed by atoms with Crippen molar-refractivity contribution >= 4 is 11.4 Å². The van der Waals surface area contributed by atoms with Gasteiger partial charge in [0.1, 0.15) is 0 Å². The molecule has 0 bridgehead atoms. The van der Waals surface area contributed by atoms with Crippen LogP contribution in [0.5, 0.6) is 0 Å². The second-order valence-electron chi connectivity index (χ2n) is 3.96. The molecular formula is C12H14N4O2. The summed E-state index contributed by atoms with van der Waals surface area (Å²) in [5.41, 5.74) is 2.63. The smallest absolute Gasteiger partial charge is 0.274 e. The van der Waals surface area contributed by atoms with E-state index in [4.69, 9.17) is 0 Å². The Morgan fingerprint density at radius 1 is 1.50 bits per heavy atom. The third-order valence-electron chi connectivity index (χ3n) is 2.77. The van der Waals surface area contributed by atoms with Crippen LogP contribution in [-0.2, 0) is 6.42 Å². The summed E-state index contributed by atoms with van der Waals surface area (Å²) in [6.07, 6.45) is 4.19. The van der Waals surface area contributed by atoms with Crippen molar-refractivity contribution in [3.8, 4) is 0 Å². The molecule has 0 spiro atoms. The second-order valence-corrected chi connectivity index (χ2v) is 3.96. The van der Waals surface area contributed by atoms with Crippen LogP contribution in [0.2, 0.25) is 0 Å². The van der Waals surface area contributed by atoms with E-state index in [9.17, 15) is 10.1 Å². The van der Waals surface area contributed by atoms with Crippen molar-refractivity contribution < 1.29 is 4.92 Å². The van der Waals surface area contributed by atoms with Crippen molar-refractivity contribution in [2.45, 2.75) is 13.3 Å². The molecular weight excluding hydrogens is 232 g/mol. The molecule has 0 saturated heterocycles. The largest absolute Gasteiger partial charge is 0.384 e. The highest BCUT2D eigenvalue weighted by Gasteiger charge is 2.12. The lowest BCUT2D eigenvalue weighted by Crippen LogP contribution is -2.07. The molecule has 0 saturated carbocycles. The Hall–Kier alpha value is -2.37. The number of H-pyrrole nitrogens is 1. The zero-order chi connectivity index (χ0) is 13.0. The van der Waals surface area contributed by atoms with Gasteiger partial charge in [0.15, 0.2) is 0 Å². The van der Waals surface area contributed by atoms with Crippen molar-refractivity contribution in [1.29, 1.82) is 0 Å². The summed E-state index contributed by atoms with van der Waals surface area (Å²) >= 11 is 0. The van der Waals surface area contributed by atoms with Gasteiger partial charge >= 0.3 is 0 Å². The van der Waals surface area contributed by atoms with Crippen LogP contribution in [0.1, 0.15) is 11.3 Å². The number of aromatic nitrogens is 2. The van der Waals surface area contributed by atoms with Crippen LogP contribution in [-0.4, -0.2) is 21.4 Å². The van der Waals surface area contributed by atoms with Gasteiger partial charge in [-0.1, -0.05) is 6.07 Å². The fraction of sp³-hybridized carbons (Fsp3) is 0.250. The fourth-order valence-electron chi connectivity index (χ4n) is 1.77. The number of aromatic amines is 1. The number of anilines is 1. The molecule has 1 aromatic heterocycles. The molecule has 1 aromatic carbocycles. The number of nitrogens with zero attached hydrogens (tertiary/aromatic N) is 2. The average Bonchev–Trinajstić information content (AvgIpc) is 2.84. The van der Waals surface area contributed by atoms with Gasteiger partial charge < -0.3 is 10.3 Å². The summed E-state index contributed by atoms with van der Waals surface area (Å²) in [5, 5.41) is 14.0. The van der Waals surface area contributed by atoms with Crippen LogP contribution in [0.25, 0.3) is 0 Å².